The maximum atomic E-state index is 11.7. The Labute approximate surface area is 120 Å². The van der Waals surface area contributed by atoms with Gasteiger partial charge in [0, 0.05) is 6.54 Å². The van der Waals surface area contributed by atoms with Crippen molar-refractivity contribution < 1.29 is 19.5 Å². The second-order valence-electron chi connectivity index (χ2n) is 4.35. The van der Waals surface area contributed by atoms with Gasteiger partial charge in [-0.2, -0.15) is 0 Å². The second kappa shape index (κ2) is 6.42. The molecule has 1 aromatic carbocycles. The molecule has 1 aliphatic heterocycles. The van der Waals surface area contributed by atoms with Crippen molar-refractivity contribution >= 4 is 29.5 Å². The molecule has 1 aliphatic rings. The number of nitrogens with zero attached hydrogens (tertiary/aromatic N) is 1. The van der Waals surface area contributed by atoms with Gasteiger partial charge in [0.1, 0.15) is 6.54 Å². The molecule has 0 saturated carbocycles. The van der Waals surface area contributed by atoms with Crippen LogP contribution >= 0.6 is 11.8 Å². The monoisotopic (exact) mass is 294 g/mol. The number of benzene rings is 1. The van der Waals surface area contributed by atoms with E-state index >= 15 is 0 Å². The third-order valence-electron chi connectivity index (χ3n) is 2.85. The van der Waals surface area contributed by atoms with Crippen LogP contribution in [0.25, 0.3) is 0 Å². The molecule has 0 bridgehead atoms. The van der Waals surface area contributed by atoms with E-state index in [-0.39, 0.29) is 23.9 Å². The van der Waals surface area contributed by atoms with Gasteiger partial charge in [-0.05, 0) is 17.7 Å². The summed E-state index contributed by atoms with van der Waals surface area (Å²) in [6.45, 7) is 0.382. The van der Waals surface area contributed by atoms with Crippen LogP contribution in [0.1, 0.15) is 15.9 Å². The molecule has 0 spiro atoms. The van der Waals surface area contributed by atoms with Crippen LogP contribution in [0.15, 0.2) is 24.3 Å². The van der Waals surface area contributed by atoms with Crippen molar-refractivity contribution in [3.8, 4) is 0 Å². The molecule has 1 saturated heterocycles. The first-order valence-electron chi connectivity index (χ1n) is 6.00. The van der Waals surface area contributed by atoms with Gasteiger partial charge in [0.2, 0.25) is 11.8 Å². The molecule has 2 amide bonds. The first-order chi connectivity index (χ1) is 9.56. The summed E-state index contributed by atoms with van der Waals surface area (Å²) in [6, 6.07) is 6.29. The quantitative estimate of drug-likeness (QED) is 0.827. The van der Waals surface area contributed by atoms with Crippen molar-refractivity contribution in [1.82, 2.24) is 10.2 Å². The Morgan fingerprint density at radius 2 is 2.00 bits per heavy atom. The zero-order valence-electron chi connectivity index (χ0n) is 10.7. The van der Waals surface area contributed by atoms with E-state index in [1.54, 1.807) is 12.1 Å². The van der Waals surface area contributed by atoms with Gasteiger partial charge in [0.15, 0.2) is 0 Å². The number of rotatable bonds is 5. The number of carboxylic acid groups (broad SMARTS) is 1. The number of carboxylic acids is 1. The maximum Gasteiger partial charge on any atom is 0.335 e. The van der Waals surface area contributed by atoms with Crippen molar-refractivity contribution in [2.75, 3.05) is 18.2 Å². The molecule has 0 aromatic heterocycles. The highest BCUT2D eigenvalue weighted by Gasteiger charge is 2.22. The molecule has 2 N–H and O–H groups in total. The van der Waals surface area contributed by atoms with E-state index in [2.05, 4.69) is 5.32 Å². The summed E-state index contributed by atoms with van der Waals surface area (Å²) in [6.07, 6.45) is 0. The highest BCUT2D eigenvalue weighted by atomic mass is 32.2. The molecule has 0 radical (unpaired) electrons. The van der Waals surface area contributed by atoms with Crippen LogP contribution in [-0.4, -0.2) is 46.0 Å². The summed E-state index contributed by atoms with van der Waals surface area (Å²) < 4.78 is 0. The van der Waals surface area contributed by atoms with Crippen LogP contribution in [0.5, 0.6) is 0 Å². The highest BCUT2D eigenvalue weighted by molar-refractivity contribution is 8.00. The largest absolute Gasteiger partial charge is 0.478 e. The minimum atomic E-state index is -0.981. The predicted molar refractivity (Wildman–Crippen MR) is 74.3 cm³/mol. The first-order valence-corrected chi connectivity index (χ1v) is 7.16. The van der Waals surface area contributed by atoms with Crippen LogP contribution in [0.3, 0.4) is 0 Å². The Hall–Kier alpha value is -2.02. The Bertz CT molecular complexity index is 530. The molecule has 20 heavy (non-hydrogen) atoms. The summed E-state index contributed by atoms with van der Waals surface area (Å²) in [5.41, 5.74) is 1.02. The number of carbonyl (C=O) groups excluding carboxylic acids is 2. The molecule has 106 valence electrons. The highest BCUT2D eigenvalue weighted by Crippen LogP contribution is 2.13. The molecular weight excluding hydrogens is 280 g/mol. The first kappa shape index (κ1) is 14.4. The Morgan fingerprint density at radius 3 is 2.55 bits per heavy atom. The maximum absolute atomic E-state index is 11.7. The van der Waals surface area contributed by atoms with Crippen LogP contribution in [0.2, 0.25) is 0 Å². The molecule has 0 atom stereocenters. The topological polar surface area (TPSA) is 86.7 Å². The molecule has 1 fully saturated rings. The predicted octanol–water partition coefficient (Wildman–Crippen LogP) is 0.534. The van der Waals surface area contributed by atoms with Crippen molar-refractivity contribution in [2.24, 2.45) is 0 Å². The molecule has 0 aliphatic carbocycles. The van der Waals surface area contributed by atoms with Crippen LogP contribution in [0, 0.1) is 0 Å². The third-order valence-corrected chi connectivity index (χ3v) is 3.80. The number of hydrogen-bond donors (Lipinski definition) is 2. The smallest absolute Gasteiger partial charge is 0.335 e. The second-order valence-corrected chi connectivity index (χ2v) is 5.30. The van der Waals surface area contributed by atoms with Crippen LogP contribution < -0.4 is 5.32 Å². The number of carbonyl (C=O) groups is 3. The van der Waals surface area contributed by atoms with Crippen molar-refractivity contribution in [1.29, 1.82) is 0 Å². The number of nitrogens with one attached hydrogen (secondary N) is 1. The molecule has 2 rings (SSSR count). The minimum absolute atomic E-state index is 0.0176. The standard InChI is InChI=1S/C13H14N2O4S/c16-11(6-15-8-20-7-12(15)17)14-5-9-1-3-10(4-2-9)13(18)19/h1-4H,5-8H2,(H,14,16)(H,18,19). The summed E-state index contributed by atoms with van der Waals surface area (Å²) in [4.78, 5) is 35.2. The Balaban J connectivity index is 1.81. The lowest BCUT2D eigenvalue weighted by Gasteiger charge is -2.14. The van der Waals surface area contributed by atoms with Crippen molar-refractivity contribution in [3.05, 3.63) is 35.4 Å². The van der Waals surface area contributed by atoms with E-state index < -0.39 is 5.97 Å². The molecule has 6 nitrogen and oxygen atoms in total. The fourth-order valence-electron chi connectivity index (χ4n) is 1.74. The Morgan fingerprint density at radius 1 is 1.30 bits per heavy atom. The van der Waals surface area contributed by atoms with Crippen molar-refractivity contribution in [2.45, 2.75) is 6.54 Å². The lowest BCUT2D eigenvalue weighted by atomic mass is 10.1. The summed E-state index contributed by atoms with van der Waals surface area (Å²) >= 11 is 1.49. The third kappa shape index (κ3) is 3.74. The average Bonchev–Trinajstić information content (AvgIpc) is 2.82. The summed E-state index contributed by atoms with van der Waals surface area (Å²) in [7, 11) is 0. The fourth-order valence-corrected chi connectivity index (χ4v) is 2.64. The van der Waals surface area contributed by atoms with E-state index in [1.807, 2.05) is 0 Å². The van der Waals surface area contributed by atoms with Gasteiger partial charge in [0.05, 0.1) is 17.2 Å². The molecule has 0 unspecified atom stereocenters. The van der Waals surface area contributed by atoms with E-state index in [4.69, 9.17) is 5.11 Å². The van der Waals surface area contributed by atoms with Gasteiger partial charge in [-0.3, -0.25) is 9.59 Å². The number of aromatic carboxylic acids is 1. The van der Waals surface area contributed by atoms with E-state index in [1.165, 1.54) is 28.8 Å². The average molecular weight is 294 g/mol. The van der Waals surface area contributed by atoms with Gasteiger partial charge < -0.3 is 15.3 Å². The summed E-state index contributed by atoms with van der Waals surface area (Å²) in [5, 5.41) is 11.5. The van der Waals surface area contributed by atoms with Gasteiger partial charge >= 0.3 is 5.97 Å². The van der Waals surface area contributed by atoms with Gasteiger partial charge in [-0.25, -0.2) is 4.79 Å². The SMILES string of the molecule is O=C(CN1CSCC1=O)NCc1ccc(C(=O)O)cc1. The summed E-state index contributed by atoms with van der Waals surface area (Å²) in [5.74, 6) is -0.228. The van der Waals surface area contributed by atoms with Crippen LogP contribution in [-0.2, 0) is 16.1 Å². The van der Waals surface area contributed by atoms with Crippen molar-refractivity contribution in [3.63, 3.8) is 0 Å². The lowest BCUT2D eigenvalue weighted by molar-refractivity contribution is -0.132. The number of hydrogen-bond acceptors (Lipinski definition) is 4. The zero-order valence-corrected chi connectivity index (χ0v) is 11.5. The molecular formula is C13H14N2O4S. The van der Waals surface area contributed by atoms with Crippen LogP contribution in [0.4, 0.5) is 0 Å². The molecule has 7 heteroatoms. The van der Waals surface area contributed by atoms with E-state index in [9.17, 15) is 14.4 Å². The van der Waals surface area contributed by atoms with Gasteiger partial charge in [-0.15, -0.1) is 11.8 Å². The zero-order chi connectivity index (χ0) is 14.5. The normalized spacial score (nSPS) is 14.4. The fraction of sp³-hybridized carbons (Fsp3) is 0.308. The molecule has 1 heterocycles. The van der Waals surface area contributed by atoms with E-state index in [0.29, 0.717) is 18.2 Å². The van der Waals surface area contributed by atoms with Gasteiger partial charge in [-0.1, -0.05) is 12.1 Å². The number of amides is 2. The number of thioether (sulfide) groups is 1. The van der Waals surface area contributed by atoms with Gasteiger partial charge in [0.25, 0.3) is 0 Å². The lowest BCUT2D eigenvalue weighted by Crippen LogP contribution is -2.37. The molecule has 1 aromatic rings. The minimum Gasteiger partial charge on any atom is -0.478 e. The Kier molecular flexibility index (Phi) is 4.62. The van der Waals surface area contributed by atoms with E-state index in [0.717, 1.165) is 5.56 Å².